The summed E-state index contributed by atoms with van der Waals surface area (Å²) in [5.41, 5.74) is 0. The first kappa shape index (κ1) is 21.2. The highest BCUT2D eigenvalue weighted by Crippen LogP contribution is 2.30. The van der Waals surface area contributed by atoms with Gasteiger partial charge in [-0.1, -0.05) is 84.5 Å². The molecule has 0 spiro atoms. The first-order valence-corrected chi connectivity index (χ1v) is 10.5. The van der Waals surface area contributed by atoms with Crippen LogP contribution < -0.4 is 0 Å². The maximum atomic E-state index is 10.7. The molecule has 0 radical (unpaired) electrons. The Morgan fingerprint density at radius 1 is 1.00 bits per heavy atom. The fourth-order valence-corrected chi connectivity index (χ4v) is 4.14. The van der Waals surface area contributed by atoms with E-state index in [9.17, 15) is 10.1 Å². The zero-order valence-electron chi connectivity index (χ0n) is 16.0. The van der Waals surface area contributed by atoms with Gasteiger partial charge in [-0.3, -0.25) is 0 Å². The van der Waals surface area contributed by atoms with Gasteiger partial charge in [0.05, 0.1) is 0 Å². The van der Waals surface area contributed by atoms with E-state index < -0.39 is 5.09 Å². The standard InChI is InChI=1S/C20H39NO3/c1-3-5-12-18(4-2)17-19-13-10-8-6-7-9-11-14-20(16-15-19)24-21(22)23/h18-20H,3-17H2,1-2H3. The molecule has 3 atom stereocenters. The van der Waals surface area contributed by atoms with Crippen molar-refractivity contribution in [3.05, 3.63) is 10.1 Å². The third-order valence-corrected chi connectivity index (χ3v) is 5.73. The molecule has 142 valence electrons. The molecule has 1 rings (SSSR count). The molecule has 0 amide bonds. The molecular weight excluding hydrogens is 302 g/mol. The Kier molecular flexibility index (Phi) is 11.9. The Hall–Kier alpha value is -0.800. The third kappa shape index (κ3) is 10.1. The maximum Gasteiger partial charge on any atom is 0.294 e. The van der Waals surface area contributed by atoms with Gasteiger partial charge in [-0.15, -0.1) is 10.1 Å². The van der Waals surface area contributed by atoms with E-state index in [-0.39, 0.29) is 6.10 Å². The second kappa shape index (κ2) is 13.5. The number of hydrogen-bond acceptors (Lipinski definition) is 3. The van der Waals surface area contributed by atoms with Gasteiger partial charge in [0, 0.05) is 0 Å². The molecule has 0 bridgehead atoms. The molecule has 1 saturated carbocycles. The van der Waals surface area contributed by atoms with Crippen LogP contribution in [0.5, 0.6) is 0 Å². The molecule has 4 nitrogen and oxygen atoms in total. The van der Waals surface area contributed by atoms with Crippen molar-refractivity contribution in [1.82, 2.24) is 0 Å². The van der Waals surface area contributed by atoms with Crippen molar-refractivity contribution in [1.29, 1.82) is 0 Å². The summed E-state index contributed by atoms with van der Waals surface area (Å²) in [5, 5.41) is 10.2. The SMILES string of the molecule is CCCCC(CC)CC1CCCCCCCCC(O[N+](=O)[O-])CC1. The maximum absolute atomic E-state index is 10.7. The van der Waals surface area contributed by atoms with Crippen LogP contribution in [0.1, 0.15) is 110 Å². The number of hydrogen-bond donors (Lipinski definition) is 0. The summed E-state index contributed by atoms with van der Waals surface area (Å²) in [6, 6.07) is 0. The molecule has 0 heterocycles. The van der Waals surface area contributed by atoms with E-state index in [1.54, 1.807) is 0 Å². The van der Waals surface area contributed by atoms with Crippen molar-refractivity contribution in [2.75, 3.05) is 0 Å². The zero-order valence-corrected chi connectivity index (χ0v) is 16.0. The highest BCUT2D eigenvalue weighted by molar-refractivity contribution is 4.70. The Balaban J connectivity index is 2.56. The highest BCUT2D eigenvalue weighted by Gasteiger charge is 2.20. The lowest BCUT2D eigenvalue weighted by molar-refractivity contribution is -0.769. The quantitative estimate of drug-likeness (QED) is 0.364. The van der Waals surface area contributed by atoms with Crippen molar-refractivity contribution in [2.45, 2.75) is 116 Å². The monoisotopic (exact) mass is 341 g/mol. The second-order valence-corrected chi connectivity index (χ2v) is 7.75. The van der Waals surface area contributed by atoms with Crippen molar-refractivity contribution in [3.63, 3.8) is 0 Å². The minimum atomic E-state index is -0.582. The summed E-state index contributed by atoms with van der Waals surface area (Å²) < 4.78 is 0. The molecule has 0 aromatic rings. The minimum Gasteiger partial charge on any atom is -0.311 e. The molecule has 1 fully saturated rings. The largest absolute Gasteiger partial charge is 0.311 e. The highest BCUT2D eigenvalue weighted by atomic mass is 17.0. The van der Waals surface area contributed by atoms with Crippen LogP contribution >= 0.6 is 0 Å². The Morgan fingerprint density at radius 2 is 1.67 bits per heavy atom. The summed E-state index contributed by atoms with van der Waals surface area (Å²) in [6.45, 7) is 4.58. The van der Waals surface area contributed by atoms with Crippen LogP contribution in [0.3, 0.4) is 0 Å². The predicted molar refractivity (Wildman–Crippen MR) is 99.5 cm³/mol. The van der Waals surface area contributed by atoms with Gasteiger partial charge < -0.3 is 4.84 Å². The summed E-state index contributed by atoms with van der Waals surface area (Å²) >= 11 is 0. The molecule has 0 aromatic carbocycles. The Bertz CT molecular complexity index is 322. The van der Waals surface area contributed by atoms with Crippen molar-refractivity contribution < 1.29 is 9.92 Å². The first-order chi connectivity index (χ1) is 11.7. The Labute approximate surface area is 148 Å². The van der Waals surface area contributed by atoms with E-state index in [1.165, 1.54) is 70.6 Å². The smallest absolute Gasteiger partial charge is 0.294 e. The van der Waals surface area contributed by atoms with Crippen molar-refractivity contribution in [3.8, 4) is 0 Å². The lowest BCUT2D eigenvalue weighted by atomic mass is 9.82. The molecule has 1 aliphatic carbocycles. The van der Waals surface area contributed by atoms with Gasteiger partial charge in [-0.2, -0.15) is 0 Å². The fraction of sp³-hybridized carbons (Fsp3) is 1.00. The molecular formula is C20H39NO3. The summed E-state index contributed by atoms with van der Waals surface area (Å²) in [6.07, 6.45) is 18.0. The molecule has 0 N–H and O–H groups in total. The number of nitrogens with zero attached hydrogens (tertiary/aromatic N) is 1. The van der Waals surface area contributed by atoms with Gasteiger partial charge in [0.25, 0.3) is 5.09 Å². The van der Waals surface area contributed by atoms with E-state index in [0.717, 1.165) is 37.5 Å². The van der Waals surface area contributed by atoms with Crippen LogP contribution in [-0.2, 0) is 4.84 Å². The molecule has 0 saturated heterocycles. The van der Waals surface area contributed by atoms with E-state index in [1.807, 2.05) is 0 Å². The summed E-state index contributed by atoms with van der Waals surface area (Å²) in [7, 11) is 0. The number of rotatable bonds is 8. The lowest BCUT2D eigenvalue weighted by Gasteiger charge is -2.25. The van der Waals surface area contributed by atoms with Crippen molar-refractivity contribution >= 4 is 0 Å². The van der Waals surface area contributed by atoms with Gasteiger partial charge in [-0.05, 0) is 37.5 Å². The molecule has 3 unspecified atom stereocenters. The average molecular weight is 342 g/mol. The molecule has 0 aliphatic heterocycles. The van der Waals surface area contributed by atoms with E-state index in [2.05, 4.69) is 13.8 Å². The van der Waals surface area contributed by atoms with E-state index in [0.29, 0.717) is 0 Å². The molecule has 0 aromatic heterocycles. The fourth-order valence-electron chi connectivity index (χ4n) is 4.14. The van der Waals surface area contributed by atoms with Gasteiger partial charge in [0.2, 0.25) is 0 Å². The summed E-state index contributed by atoms with van der Waals surface area (Å²) in [5.74, 6) is 1.56. The predicted octanol–water partition coefficient (Wildman–Crippen LogP) is 6.70. The van der Waals surface area contributed by atoms with Crippen LogP contribution in [-0.4, -0.2) is 11.2 Å². The zero-order chi connectivity index (χ0) is 17.6. The van der Waals surface area contributed by atoms with Gasteiger partial charge in [-0.25, -0.2) is 0 Å². The van der Waals surface area contributed by atoms with Gasteiger partial charge >= 0.3 is 0 Å². The van der Waals surface area contributed by atoms with Gasteiger partial charge in [0.15, 0.2) is 0 Å². The van der Waals surface area contributed by atoms with E-state index in [4.69, 9.17) is 4.84 Å². The minimum absolute atomic E-state index is 0.183. The topological polar surface area (TPSA) is 52.4 Å². The molecule has 24 heavy (non-hydrogen) atoms. The summed E-state index contributed by atoms with van der Waals surface area (Å²) in [4.78, 5) is 15.7. The molecule has 4 heteroatoms. The van der Waals surface area contributed by atoms with Crippen LogP contribution in [0.2, 0.25) is 0 Å². The van der Waals surface area contributed by atoms with Crippen molar-refractivity contribution in [2.24, 2.45) is 11.8 Å². The lowest BCUT2D eigenvalue weighted by Crippen LogP contribution is -2.20. The second-order valence-electron chi connectivity index (χ2n) is 7.75. The average Bonchev–Trinajstić information content (AvgIpc) is 2.55. The molecule has 1 aliphatic rings. The van der Waals surface area contributed by atoms with Crippen LogP contribution in [0.15, 0.2) is 0 Å². The first-order valence-electron chi connectivity index (χ1n) is 10.5. The normalized spacial score (nSPS) is 25.2. The third-order valence-electron chi connectivity index (χ3n) is 5.73. The van der Waals surface area contributed by atoms with Crippen LogP contribution in [0, 0.1) is 22.0 Å². The van der Waals surface area contributed by atoms with Crippen LogP contribution in [0.4, 0.5) is 0 Å². The van der Waals surface area contributed by atoms with Gasteiger partial charge in [0.1, 0.15) is 6.10 Å². The Morgan fingerprint density at radius 3 is 2.29 bits per heavy atom. The number of unbranched alkanes of at least 4 members (excludes halogenated alkanes) is 1. The van der Waals surface area contributed by atoms with Crippen LogP contribution in [0.25, 0.3) is 0 Å². The van der Waals surface area contributed by atoms with E-state index >= 15 is 0 Å².